The molecule has 0 aliphatic carbocycles. The maximum Gasteiger partial charge on any atom is 0.191 e. The van der Waals surface area contributed by atoms with Crippen LogP contribution in [-0.4, -0.2) is 43.6 Å². The van der Waals surface area contributed by atoms with Gasteiger partial charge < -0.3 is 15.5 Å². The summed E-state index contributed by atoms with van der Waals surface area (Å²) >= 11 is 3.17. The van der Waals surface area contributed by atoms with Gasteiger partial charge in [0.25, 0.3) is 0 Å². The minimum absolute atomic E-state index is 0.239. The van der Waals surface area contributed by atoms with E-state index in [9.17, 15) is 4.39 Å². The lowest BCUT2D eigenvalue weighted by atomic mass is 10.0. The predicted octanol–water partition coefficient (Wildman–Crippen LogP) is 3.52. The Morgan fingerprint density at radius 2 is 2.12 bits per heavy atom. The summed E-state index contributed by atoms with van der Waals surface area (Å²) in [5.74, 6) is 0.544. The maximum atomic E-state index is 13.6. The van der Waals surface area contributed by atoms with Gasteiger partial charge in [0.05, 0.1) is 4.47 Å². The van der Waals surface area contributed by atoms with Crippen LogP contribution in [0.25, 0.3) is 0 Å². The van der Waals surface area contributed by atoms with Gasteiger partial charge in [0.2, 0.25) is 0 Å². The lowest BCUT2D eigenvalue weighted by molar-refractivity contribution is 0.203. The number of hydrogen-bond acceptors (Lipinski definition) is 2. The molecule has 0 unspecified atom stereocenters. The minimum atomic E-state index is -0.239. The van der Waals surface area contributed by atoms with Crippen molar-refractivity contribution in [2.75, 3.05) is 26.7 Å². The van der Waals surface area contributed by atoms with Crippen LogP contribution in [0.15, 0.2) is 27.7 Å². The first-order valence-corrected chi connectivity index (χ1v) is 9.55. The van der Waals surface area contributed by atoms with Crippen molar-refractivity contribution < 1.29 is 4.39 Å². The second-order valence-corrected chi connectivity index (χ2v) is 7.14. The van der Waals surface area contributed by atoms with Crippen LogP contribution in [0.1, 0.15) is 38.2 Å². The molecule has 1 heterocycles. The molecule has 0 amide bonds. The molecular weight excluding hydrogens is 371 g/mol. The fourth-order valence-corrected chi connectivity index (χ4v) is 3.15. The van der Waals surface area contributed by atoms with Gasteiger partial charge in [0.1, 0.15) is 5.82 Å². The van der Waals surface area contributed by atoms with E-state index in [0.717, 1.165) is 37.5 Å². The number of guanidine groups is 1. The normalized spacial score (nSPS) is 17.1. The largest absolute Gasteiger partial charge is 0.354 e. The average molecular weight is 399 g/mol. The van der Waals surface area contributed by atoms with Crippen LogP contribution in [0.5, 0.6) is 0 Å². The molecule has 1 aromatic carbocycles. The number of benzene rings is 1. The highest BCUT2D eigenvalue weighted by Crippen LogP contribution is 2.16. The van der Waals surface area contributed by atoms with Crippen LogP contribution in [0.4, 0.5) is 4.39 Å². The van der Waals surface area contributed by atoms with Gasteiger partial charge in [0.15, 0.2) is 5.96 Å². The predicted molar refractivity (Wildman–Crippen MR) is 102 cm³/mol. The Bertz CT molecular complexity index is 542. The lowest BCUT2D eigenvalue weighted by Gasteiger charge is -2.33. The van der Waals surface area contributed by atoms with Crippen molar-refractivity contribution >= 4 is 21.9 Å². The number of piperidine rings is 1. The molecule has 0 radical (unpaired) electrons. The molecule has 6 heteroatoms. The molecular formula is C18H28BrFN4. The highest BCUT2D eigenvalue weighted by Gasteiger charge is 2.19. The molecule has 1 aromatic rings. The first-order valence-electron chi connectivity index (χ1n) is 8.75. The molecule has 134 valence electrons. The van der Waals surface area contributed by atoms with Gasteiger partial charge in [0, 0.05) is 32.7 Å². The van der Waals surface area contributed by atoms with Gasteiger partial charge in [-0.25, -0.2) is 4.39 Å². The number of unbranched alkanes of at least 4 members (excludes halogenated alkanes) is 1. The summed E-state index contributed by atoms with van der Waals surface area (Å²) < 4.78 is 14.0. The quantitative estimate of drug-likeness (QED) is 0.568. The number of hydrogen-bond donors (Lipinski definition) is 2. The summed E-state index contributed by atoms with van der Waals surface area (Å²) in [5.41, 5.74) is 0.896. The van der Waals surface area contributed by atoms with Crippen LogP contribution in [0.3, 0.4) is 0 Å². The molecule has 1 aliphatic heterocycles. The Balaban J connectivity index is 1.75. The number of nitrogens with one attached hydrogen (secondary N) is 2. The van der Waals surface area contributed by atoms with Crippen molar-refractivity contribution in [1.29, 1.82) is 0 Å². The van der Waals surface area contributed by atoms with E-state index in [4.69, 9.17) is 0 Å². The Morgan fingerprint density at radius 1 is 1.38 bits per heavy atom. The zero-order chi connectivity index (χ0) is 17.4. The van der Waals surface area contributed by atoms with Gasteiger partial charge in [-0.15, -0.1) is 0 Å². The minimum Gasteiger partial charge on any atom is -0.354 e. The van der Waals surface area contributed by atoms with E-state index in [1.807, 2.05) is 6.07 Å². The highest BCUT2D eigenvalue weighted by atomic mass is 79.9. The van der Waals surface area contributed by atoms with E-state index >= 15 is 0 Å². The third-order valence-corrected chi connectivity index (χ3v) is 5.07. The second-order valence-electron chi connectivity index (χ2n) is 6.29. The van der Waals surface area contributed by atoms with Gasteiger partial charge >= 0.3 is 0 Å². The van der Waals surface area contributed by atoms with E-state index in [1.165, 1.54) is 25.5 Å². The Hall–Kier alpha value is -1.14. The molecule has 2 N–H and O–H groups in total. The molecule has 1 fully saturated rings. The number of rotatable bonds is 6. The Labute approximate surface area is 153 Å². The van der Waals surface area contributed by atoms with E-state index in [2.05, 4.69) is 43.4 Å². The number of likely N-dealkylation sites (tertiary alicyclic amines) is 1. The fourth-order valence-electron chi connectivity index (χ4n) is 2.91. The molecule has 0 aromatic heterocycles. The van der Waals surface area contributed by atoms with Crippen molar-refractivity contribution in [2.45, 2.75) is 45.2 Å². The van der Waals surface area contributed by atoms with Gasteiger partial charge in [-0.1, -0.05) is 19.4 Å². The second kappa shape index (κ2) is 9.99. The summed E-state index contributed by atoms with van der Waals surface area (Å²) in [6.07, 6.45) is 4.81. The third-order valence-electron chi connectivity index (χ3n) is 4.42. The third kappa shape index (κ3) is 6.06. The van der Waals surface area contributed by atoms with E-state index < -0.39 is 0 Å². The Kier molecular flexibility index (Phi) is 7.99. The van der Waals surface area contributed by atoms with Crippen LogP contribution in [0.2, 0.25) is 0 Å². The van der Waals surface area contributed by atoms with E-state index in [1.54, 1.807) is 13.1 Å². The molecule has 24 heavy (non-hydrogen) atoms. The van der Waals surface area contributed by atoms with Crippen LogP contribution in [-0.2, 0) is 6.54 Å². The number of aliphatic imine (C=N–C) groups is 1. The van der Waals surface area contributed by atoms with Crippen molar-refractivity contribution in [3.05, 3.63) is 34.1 Å². The van der Waals surface area contributed by atoms with E-state index in [0.29, 0.717) is 17.1 Å². The fraction of sp³-hybridized carbons (Fsp3) is 0.611. The van der Waals surface area contributed by atoms with Gasteiger partial charge in [-0.3, -0.25) is 4.99 Å². The first-order chi connectivity index (χ1) is 11.6. The molecule has 1 saturated heterocycles. The van der Waals surface area contributed by atoms with Gasteiger partial charge in [-0.05, 0) is 59.4 Å². The summed E-state index contributed by atoms with van der Waals surface area (Å²) in [4.78, 5) is 6.83. The smallest absolute Gasteiger partial charge is 0.191 e. The summed E-state index contributed by atoms with van der Waals surface area (Å²) in [6, 6.07) is 5.63. The summed E-state index contributed by atoms with van der Waals surface area (Å²) in [7, 11) is 1.77. The zero-order valence-corrected chi connectivity index (χ0v) is 16.2. The van der Waals surface area contributed by atoms with Gasteiger partial charge in [-0.2, -0.15) is 0 Å². The zero-order valence-electron chi connectivity index (χ0n) is 14.6. The number of halogens is 2. The first kappa shape index (κ1) is 19.2. The topological polar surface area (TPSA) is 39.7 Å². The molecule has 1 aliphatic rings. The standard InChI is InChI=1S/C18H28BrFN4/c1-3-4-9-24-10-7-15(8-11-24)23-18(21-2)22-13-14-5-6-16(19)17(20)12-14/h5-6,12,15H,3-4,7-11,13H2,1-2H3,(H2,21,22,23). The SMILES string of the molecule is CCCCN1CCC(NC(=NC)NCc2ccc(Br)c(F)c2)CC1. The lowest BCUT2D eigenvalue weighted by Crippen LogP contribution is -2.48. The van der Waals surface area contributed by atoms with Crippen molar-refractivity contribution in [1.82, 2.24) is 15.5 Å². The Morgan fingerprint density at radius 3 is 2.75 bits per heavy atom. The molecule has 4 nitrogen and oxygen atoms in total. The maximum absolute atomic E-state index is 13.6. The molecule has 0 atom stereocenters. The monoisotopic (exact) mass is 398 g/mol. The van der Waals surface area contributed by atoms with Crippen LogP contribution >= 0.6 is 15.9 Å². The molecule has 0 spiro atoms. The summed E-state index contributed by atoms with van der Waals surface area (Å²) in [6.45, 7) is 6.30. The van der Waals surface area contributed by atoms with Crippen molar-refractivity contribution in [3.63, 3.8) is 0 Å². The van der Waals surface area contributed by atoms with Crippen molar-refractivity contribution in [2.24, 2.45) is 4.99 Å². The summed E-state index contributed by atoms with van der Waals surface area (Å²) in [5, 5.41) is 6.76. The van der Waals surface area contributed by atoms with Crippen LogP contribution < -0.4 is 10.6 Å². The van der Waals surface area contributed by atoms with E-state index in [-0.39, 0.29) is 5.82 Å². The molecule has 0 bridgehead atoms. The highest BCUT2D eigenvalue weighted by molar-refractivity contribution is 9.10. The molecule has 2 rings (SSSR count). The van der Waals surface area contributed by atoms with Crippen LogP contribution in [0, 0.1) is 5.82 Å². The van der Waals surface area contributed by atoms with Crippen molar-refractivity contribution in [3.8, 4) is 0 Å². The average Bonchev–Trinajstić information content (AvgIpc) is 2.60. The number of nitrogens with zero attached hydrogens (tertiary/aromatic N) is 2. The molecule has 0 saturated carbocycles.